The van der Waals surface area contributed by atoms with Crippen molar-refractivity contribution in [3.8, 4) is 5.75 Å². The molecule has 1 unspecified atom stereocenters. The Balaban J connectivity index is 1.81. The average molecular weight is 391 g/mol. The number of ether oxygens (including phenoxy) is 1. The minimum atomic E-state index is -3.20. The molecule has 26 heavy (non-hydrogen) atoms. The Labute approximate surface area is 156 Å². The van der Waals surface area contributed by atoms with Crippen LogP contribution in [0.15, 0.2) is 62.3 Å². The van der Waals surface area contributed by atoms with Gasteiger partial charge in [0.1, 0.15) is 17.6 Å². The topological polar surface area (TPSA) is 82.0 Å². The van der Waals surface area contributed by atoms with Crippen molar-refractivity contribution in [1.29, 1.82) is 0 Å². The van der Waals surface area contributed by atoms with Crippen molar-refractivity contribution in [2.75, 3.05) is 6.26 Å². The van der Waals surface area contributed by atoms with E-state index in [1.54, 1.807) is 24.3 Å². The number of rotatable bonds is 4. The van der Waals surface area contributed by atoms with Crippen molar-refractivity contribution in [3.05, 3.63) is 48.0 Å². The summed E-state index contributed by atoms with van der Waals surface area (Å²) < 4.78 is 28.8. The van der Waals surface area contributed by atoms with Crippen LogP contribution in [0.25, 0.3) is 0 Å². The van der Waals surface area contributed by atoms with Crippen molar-refractivity contribution in [1.82, 2.24) is 0 Å². The highest BCUT2D eigenvalue weighted by Crippen LogP contribution is 2.36. The summed E-state index contributed by atoms with van der Waals surface area (Å²) >= 11 is 1.49. The van der Waals surface area contributed by atoms with Crippen molar-refractivity contribution in [2.24, 2.45) is 5.16 Å². The molecule has 1 aliphatic rings. The first-order valence-corrected chi connectivity index (χ1v) is 10.5. The maximum Gasteiger partial charge on any atom is 0.331 e. The monoisotopic (exact) mass is 391 g/mol. The summed E-state index contributed by atoms with van der Waals surface area (Å²) in [5.74, 6) is 0.184. The zero-order chi connectivity index (χ0) is 18.9. The maximum absolute atomic E-state index is 11.5. The van der Waals surface area contributed by atoms with Crippen LogP contribution in [0.1, 0.15) is 19.4 Å². The van der Waals surface area contributed by atoms with Gasteiger partial charge in [-0.3, -0.25) is 0 Å². The third-order valence-corrected chi connectivity index (χ3v) is 5.80. The summed E-state index contributed by atoms with van der Waals surface area (Å²) in [7, 11) is -3.20. The molecule has 0 saturated carbocycles. The summed E-state index contributed by atoms with van der Waals surface area (Å²) in [5.41, 5.74) is 1.36. The summed E-state index contributed by atoms with van der Waals surface area (Å²) in [4.78, 5) is 17.8. The molecular weight excluding hydrogens is 374 g/mol. The maximum atomic E-state index is 11.5. The largest absolute Gasteiger partial charge is 0.484 e. The standard InChI is InChI=1S/C18H17NO5S2/c1-11-18(19-24-12(2)20)16-9-6-14(10-17(16)23-11)25-13-4-7-15(8-5-13)26(3,21)22/h4-11H,1-3H3/b19-18-. The Morgan fingerprint density at radius 3 is 2.42 bits per heavy atom. The molecule has 2 aromatic carbocycles. The number of fused-ring (bicyclic) bond motifs is 1. The van der Waals surface area contributed by atoms with Gasteiger partial charge in [0.25, 0.3) is 0 Å². The highest BCUT2D eigenvalue weighted by molar-refractivity contribution is 7.99. The number of carbonyl (C=O) groups is 1. The van der Waals surface area contributed by atoms with Crippen LogP contribution in [0, 0.1) is 0 Å². The molecule has 0 fully saturated rings. The van der Waals surface area contributed by atoms with Gasteiger partial charge < -0.3 is 9.57 Å². The van der Waals surface area contributed by atoms with E-state index < -0.39 is 15.8 Å². The molecule has 8 heteroatoms. The van der Waals surface area contributed by atoms with Gasteiger partial charge in [-0.15, -0.1) is 0 Å². The van der Waals surface area contributed by atoms with E-state index in [0.717, 1.165) is 15.4 Å². The summed E-state index contributed by atoms with van der Waals surface area (Å²) in [6.07, 6.45) is 0.877. The molecule has 0 bridgehead atoms. The van der Waals surface area contributed by atoms with Gasteiger partial charge in [0, 0.05) is 28.5 Å². The van der Waals surface area contributed by atoms with Crippen LogP contribution in [0.5, 0.6) is 5.75 Å². The van der Waals surface area contributed by atoms with Crippen LogP contribution in [0.3, 0.4) is 0 Å². The smallest absolute Gasteiger partial charge is 0.331 e. The van der Waals surface area contributed by atoms with E-state index in [4.69, 9.17) is 9.57 Å². The van der Waals surface area contributed by atoms with E-state index in [0.29, 0.717) is 16.4 Å². The molecule has 0 aliphatic carbocycles. The minimum Gasteiger partial charge on any atom is -0.484 e. The molecule has 0 saturated heterocycles. The third kappa shape index (κ3) is 4.08. The van der Waals surface area contributed by atoms with E-state index >= 15 is 0 Å². The van der Waals surface area contributed by atoms with Crippen molar-refractivity contribution >= 4 is 33.3 Å². The van der Waals surface area contributed by atoms with Crippen LogP contribution in [0.4, 0.5) is 0 Å². The average Bonchev–Trinajstić information content (AvgIpc) is 2.87. The first-order valence-electron chi connectivity index (χ1n) is 7.78. The SMILES string of the molecule is CC(=O)O/N=C1\c2ccc(Sc3ccc(S(C)(=O)=O)cc3)cc2OC1C. The fourth-order valence-corrected chi connectivity index (χ4v) is 3.95. The molecule has 1 heterocycles. The Morgan fingerprint density at radius 2 is 1.81 bits per heavy atom. The second-order valence-corrected chi connectivity index (χ2v) is 8.99. The van der Waals surface area contributed by atoms with Gasteiger partial charge in [-0.25, -0.2) is 13.2 Å². The molecule has 3 rings (SSSR count). The zero-order valence-electron chi connectivity index (χ0n) is 14.4. The molecule has 0 amide bonds. The highest BCUT2D eigenvalue weighted by Gasteiger charge is 2.28. The van der Waals surface area contributed by atoms with Crippen LogP contribution in [-0.4, -0.2) is 32.5 Å². The minimum absolute atomic E-state index is 0.291. The third-order valence-electron chi connectivity index (χ3n) is 3.68. The van der Waals surface area contributed by atoms with Gasteiger partial charge in [-0.2, -0.15) is 0 Å². The van der Waals surface area contributed by atoms with Crippen LogP contribution >= 0.6 is 11.8 Å². The van der Waals surface area contributed by atoms with E-state index in [1.165, 1.54) is 24.9 Å². The van der Waals surface area contributed by atoms with Gasteiger partial charge in [0.05, 0.1) is 4.90 Å². The number of hydrogen-bond acceptors (Lipinski definition) is 7. The summed E-state index contributed by atoms with van der Waals surface area (Å²) in [6.45, 7) is 3.12. The van der Waals surface area contributed by atoms with E-state index in [-0.39, 0.29) is 6.10 Å². The van der Waals surface area contributed by atoms with E-state index in [1.807, 2.05) is 25.1 Å². The predicted molar refractivity (Wildman–Crippen MR) is 98.5 cm³/mol. The number of carbonyl (C=O) groups excluding carboxylic acids is 1. The number of sulfone groups is 1. The number of oxime groups is 1. The Kier molecular flexibility index (Phi) is 5.06. The van der Waals surface area contributed by atoms with Gasteiger partial charge in [0.15, 0.2) is 9.84 Å². The first kappa shape index (κ1) is 18.5. The number of hydrogen-bond donors (Lipinski definition) is 0. The Hall–Kier alpha value is -2.32. The molecule has 1 atom stereocenters. The lowest BCUT2D eigenvalue weighted by atomic mass is 10.1. The highest BCUT2D eigenvalue weighted by atomic mass is 32.2. The van der Waals surface area contributed by atoms with Gasteiger partial charge in [-0.05, 0) is 49.4 Å². The van der Waals surface area contributed by atoms with Gasteiger partial charge in [-0.1, -0.05) is 16.9 Å². The lowest BCUT2D eigenvalue weighted by molar-refractivity contribution is -0.140. The van der Waals surface area contributed by atoms with Crippen LogP contribution < -0.4 is 4.74 Å². The normalized spacial score (nSPS) is 17.7. The first-order chi connectivity index (χ1) is 12.2. The summed E-state index contributed by atoms with van der Waals surface area (Å²) in [6, 6.07) is 12.4. The molecule has 2 aromatic rings. The molecule has 0 spiro atoms. The van der Waals surface area contributed by atoms with Crippen molar-refractivity contribution in [2.45, 2.75) is 34.6 Å². The summed E-state index contributed by atoms with van der Waals surface area (Å²) in [5, 5.41) is 3.87. The zero-order valence-corrected chi connectivity index (χ0v) is 16.1. The molecule has 0 aromatic heterocycles. The number of nitrogens with zero attached hydrogens (tertiary/aromatic N) is 1. The van der Waals surface area contributed by atoms with Crippen LogP contribution in [-0.2, 0) is 19.5 Å². The van der Waals surface area contributed by atoms with Gasteiger partial charge >= 0.3 is 5.97 Å². The Morgan fingerprint density at radius 1 is 1.15 bits per heavy atom. The second kappa shape index (κ2) is 7.13. The molecular formula is C18H17NO5S2. The molecule has 136 valence electrons. The van der Waals surface area contributed by atoms with Crippen LogP contribution in [0.2, 0.25) is 0 Å². The number of benzene rings is 2. The predicted octanol–water partition coefficient (Wildman–Crippen LogP) is 3.29. The van der Waals surface area contributed by atoms with Gasteiger partial charge in [0.2, 0.25) is 0 Å². The Bertz CT molecular complexity index is 981. The molecule has 0 N–H and O–H groups in total. The second-order valence-electron chi connectivity index (χ2n) is 5.82. The fraction of sp³-hybridized carbons (Fsp3) is 0.222. The van der Waals surface area contributed by atoms with Crippen molar-refractivity contribution < 1.29 is 22.8 Å². The molecule has 1 aliphatic heterocycles. The lowest BCUT2D eigenvalue weighted by Gasteiger charge is -2.05. The van der Waals surface area contributed by atoms with E-state index in [2.05, 4.69) is 5.16 Å². The lowest BCUT2D eigenvalue weighted by Crippen LogP contribution is -2.17. The molecule has 0 radical (unpaired) electrons. The van der Waals surface area contributed by atoms with Crippen molar-refractivity contribution in [3.63, 3.8) is 0 Å². The fourth-order valence-electron chi connectivity index (χ4n) is 2.47. The quantitative estimate of drug-likeness (QED) is 0.588. The van der Waals surface area contributed by atoms with E-state index in [9.17, 15) is 13.2 Å². The molecule has 6 nitrogen and oxygen atoms in total.